The third-order valence-corrected chi connectivity index (χ3v) is 6.36. The van der Waals surface area contributed by atoms with Gasteiger partial charge in [0, 0.05) is 11.7 Å². The molecule has 0 heterocycles. The summed E-state index contributed by atoms with van der Waals surface area (Å²) in [4.78, 5) is 12.7. The molecule has 2 aromatic carbocycles. The van der Waals surface area contributed by atoms with Gasteiger partial charge in [0.15, 0.2) is 0 Å². The van der Waals surface area contributed by atoms with E-state index in [1.807, 2.05) is 0 Å². The number of sulfonamides is 1. The van der Waals surface area contributed by atoms with Crippen molar-refractivity contribution in [1.29, 1.82) is 0 Å². The Labute approximate surface area is 164 Å². The number of halogens is 1. The summed E-state index contributed by atoms with van der Waals surface area (Å²) in [5.74, 6) is -0.172. The van der Waals surface area contributed by atoms with E-state index in [0.29, 0.717) is 17.2 Å². The number of aryl methyl sites for hydroxylation is 1. The van der Waals surface area contributed by atoms with Gasteiger partial charge in [0.1, 0.15) is 11.6 Å². The van der Waals surface area contributed by atoms with Gasteiger partial charge in [-0.05, 0) is 67.6 Å². The van der Waals surface area contributed by atoms with Crippen molar-refractivity contribution in [2.45, 2.75) is 37.6 Å². The van der Waals surface area contributed by atoms with Crippen molar-refractivity contribution in [3.63, 3.8) is 0 Å². The van der Waals surface area contributed by atoms with Gasteiger partial charge < -0.3 is 10.1 Å². The largest absolute Gasteiger partial charge is 0.496 e. The second kappa shape index (κ2) is 7.89. The molecule has 8 heteroatoms. The van der Waals surface area contributed by atoms with Gasteiger partial charge in [-0.1, -0.05) is 6.92 Å². The van der Waals surface area contributed by atoms with Crippen LogP contribution < -0.4 is 14.8 Å². The van der Waals surface area contributed by atoms with Crippen LogP contribution in [0.1, 0.15) is 35.7 Å². The molecule has 6 nitrogen and oxygen atoms in total. The molecule has 0 unspecified atom stereocenters. The van der Waals surface area contributed by atoms with Crippen molar-refractivity contribution < 1.29 is 22.3 Å². The summed E-state index contributed by atoms with van der Waals surface area (Å²) < 4.78 is 46.6. The molecular weight excluding hydrogens is 383 g/mol. The highest BCUT2D eigenvalue weighted by Crippen LogP contribution is 2.29. The summed E-state index contributed by atoms with van der Waals surface area (Å²) in [6, 6.07) is 8.25. The molecule has 0 bridgehead atoms. The van der Waals surface area contributed by atoms with Crippen LogP contribution in [0.2, 0.25) is 0 Å². The number of hydrogen-bond acceptors (Lipinski definition) is 4. The monoisotopic (exact) mass is 406 g/mol. The Kier molecular flexibility index (Phi) is 5.71. The standard InChI is InChI=1S/C20H23FN2O4S/c1-12-8-15(9-12)23-28(25,26)16-5-7-19(27-3)17(11-16)20(24)22-14-4-6-18(21)13(2)10-14/h4-7,10-12,15,23H,8-9H2,1-3H3,(H,22,24)/t12-,15+. The van der Waals surface area contributed by atoms with Gasteiger partial charge in [-0.2, -0.15) is 0 Å². The zero-order chi connectivity index (χ0) is 20.5. The highest BCUT2D eigenvalue weighted by atomic mass is 32.2. The van der Waals surface area contributed by atoms with Gasteiger partial charge in [0.2, 0.25) is 10.0 Å². The first kappa shape index (κ1) is 20.3. The lowest BCUT2D eigenvalue weighted by molar-refractivity contribution is 0.102. The molecule has 150 valence electrons. The van der Waals surface area contributed by atoms with E-state index < -0.39 is 15.9 Å². The molecule has 1 fully saturated rings. The third-order valence-electron chi connectivity index (χ3n) is 4.84. The Morgan fingerprint density at radius 1 is 1.18 bits per heavy atom. The fraction of sp³-hybridized carbons (Fsp3) is 0.350. The van der Waals surface area contributed by atoms with Crippen molar-refractivity contribution in [3.05, 3.63) is 53.3 Å². The first-order valence-electron chi connectivity index (χ1n) is 8.97. The molecule has 0 aromatic heterocycles. The fourth-order valence-corrected chi connectivity index (χ4v) is 4.53. The minimum absolute atomic E-state index is 0.00621. The average molecular weight is 406 g/mol. The van der Waals surface area contributed by atoms with Crippen LogP contribution in [0.5, 0.6) is 5.75 Å². The van der Waals surface area contributed by atoms with E-state index in [0.717, 1.165) is 12.8 Å². The summed E-state index contributed by atoms with van der Waals surface area (Å²) in [7, 11) is -2.35. The Hall–Kier alpha value is -2.45. The molecule has 2 N–H and O–H groups in total. The van der Waals surface area contributed by atoms with Crippen LogP contribution in [0.15, 0.2) is 41.3 Å². The van der Waals surface area contributed by atoms with E-state index in [2.05, 4.69) is 17.0 Å². The van der Waals surface area contributed by atoms with E-state index >= 15 is 0 Å². The molecule has 0 radical (unpaired) electrons. The maximum Gasteiger partial charge on any atom is 0.259 e. The smallest absolute Gasteiger partial charge is 0.259 e. The van der Waals surface area contributed by atoms with Gasteiger partial charge in [0.05, 0.1) is 17.6 Å². The molecule has 0 saturated heterocycles. The molecule has 1 saturated carbocycles. The summed E-state index contributed by atoms with van der Waals surface area (Å²) in [6.45, 7) is 3.66. The minimum atomic E-state index is -3.75. The second-order valence-electron chi connectivity index (χ2n) is 7.17. The second-order valence-corrected chi connectivity index (χ2v) is 8.89. The van der Waals surface area contributed by atoms with Crippen molar-refractivity contribution in [2.24, 2.45) is 5.92 Å². The summed E-state index contributed by atoms with van der Waals surface area (Å²) in [5, 5.41) is 2.65. The maximum atomic E-state index is 13.4. The number of nitrogens with one attached hydrogen (secondary N) is 2. The van der Waals surface area contributed by atoms with Crippen LogP contribution in [0.3, 0.4) is 0 Å². The van der Waals surface area contributed by atoms with E-state index in [4.69, 9.17) is 4.74 Å². The number of rotatable bonds is 6. The molecular formula is C20H23FN2O4S. The predicted octanol–water partition coefficient (Wildman–Crippen LogP) is 3.47. The number of benzene rings is 2. The van der Waals surface area contributed by atoms with E-state index in [9.17, 15) is 17.6 Å². The Bertz CT molecular complexity index is 1000. The minimum Gasteiger partial charge on any atom is -0.496 e. The summed E-state index contributed by atoms with van der Waals surface area (Å²) in [6.07, 6.45) is 1.60. The Morgan fingerprint density at radius 3 is 2.50 bits per heavy atom. The number of hydrogen-bond donors (Lipinski definition) is 2. The van der Waals surface area contributed by atoms with E-state index in [1.54, 1.807) is 6.92 Å². The van der Waals surface area contributed by atoms with Gasteiger partial charge >= 0.3 is 0 Å². The van der Waals surface area contributed by atoms with Crippen LogP contribution >= 0.6 is 0 Å². The molecule has 2 aromatic rings. The maximum absolute atomic E-state index is 13.4. The first-order chi connectivity index (χ1) is 13.2. The number of ether oxygens (including phenoxy) is 1. The lowest BCUT2D eigenvalue weighted by Crippen LogP contribution is -2.43. The average Bonchev–Trinajstić information content (AvgIpc) is 2.62. The normalized spacial score (nSPS) is 19.0. The number of anilines is 1. The first-order valence-corrected chi connectivity index (χ1v) is 10.5. The Morgan fingerprint density at radius 2 is 1.89 bits per heavy atom. The molecule has 28 heavy (non-hydrogen) atoms. The Balaban J connectivity index is 1.85. The summed E-state index contributed by atoms with van der Waals surface area (Å²) >= 11 is 0. The van der Waals surface area contributed by atoms with Crippen LogP contribution in [-0.2, 0) is 10.0 Å². The SMILES string of the molecule is COc1ccc(S(=O)(=O)N[C@H]2C[C@@H](C)C2)cc1C(=O)Nc1ccc(F)c(C)c1. The zero-order valence-electron chi connectivity index (χ0n) is 16.0. The third kappa shape index (κ3) is 4.34. The molecule has 1 amide bonds. The van der Waals surface area contributed by atoms with Crippen molar-refractivity contribution in [3.8, 4) is 5.75 Å². The van der Waals surface area contributed by atoms with Gasteiger partial charge in [0.25, 0.3) is 5.91 Å². The van der Waals surface area contributed by atoms with E-state index in [1.165, 1.54) is 43.5 Å². The van der Waals surface area contributed by atoms with Crippen molar-refractivity contribution >= 4 is 21.6 Å². The molecule has 0 spiro atoms. The summed E-state index contributed by atoms with van der Waals surface area (Å²) in [5.41, 5.74) is 0.871. The molecule has 1 aliphatic rings. The fourth-order valence-electron chi connectivity index (χ4n) is 3.24. The molecule has 0 aliphatic heterocycles. The molecule has 0 atom stereocenters. The van der Waals surface area contributed by atoms with Crippen molar-refractivity contribution in [2.75, 3.05) is 12.4 Å². The molecule has 3 rings (SSSR count). The highest BCUT2D eigenvalue weighted by molar-refractivity contribution is 7.89. The number of methoxy groups -OCH3 is 1. The van der Waals surface area contributed by atoms with Crippen LogP contribution in [-0.4, -0.2) is 27.5 Å². The predicted molar refractivity (Wildman–Crippen MR) is 105 cm³/mol. The number of carbonyl (C=O) groups excluding carboxylic acids is 1. The number of carbonyl (C=O) groups is 1. The van der Waals surface area contributed by atoms with Gasteiger partial charge in [-0.15, -0.1) is 0 Å². The topological polar surface area (TPSA) is 84.5 Å². The highest BCUT2D eigenvalue weighted by Gasteiger charge is 2.30. The number of amides is 1. The van der Waals surface area contributed by atoms with Crippen LogP contribution in [0, 0.1) is 18.7 Å². The lowest BCUT2D eigenvalue weighted by Gasteiger charge is -2.32. The quantitative estimate of drug-likeness (QED) is 0.769. The van der Waals surface area contributed by atoms with E-state index in [-0.39, 0.29) is 28.1 Å². The van der Waals surface area contributed by atoms with Gasteiger partial charge in [-0.3, -0.25) is 4.79 Å². The van der Waals surface area contributed by atoms with Crippen molar-refractivity contribution in [1.82, 2.24) is 4.72 Å². The zero-order valence-corrected chi connectivity index (χ0v) is 16.8. The van der Waals surface area contributed by atoms with Gasteiger partial charge in [-0.25, -0.2) is 17.5 Å². The lowest BCUT2D eigenvalue weighted by atomic mass is 9.83. The van der Waals surface area contributed by atoms with Crippen LogP contribution in [0.4, 0.5) is 10.1 Å². The molecule has 1 aliphatic carbocycles. The van der Waals surface area contributed by atoms with Crippen LogP contribution in [0.25, 0.3) is 0 Å².